The predicted octanol–water partition coefficient (Wildman–Crippen LogP) is 2.80. The summed E-state index contributed by atoms with van der Waals surface area (Å²) in [5.74, 6) is -0.395. The van der Waals surface area contributed by atoms with Crippen molar-refractivity contribution in [2.75, 3.05) is 17.2 Å². The third kappa shape index (κ3) is 6.75. The van der Waals surface area contributed by atoms with E-state index in [-0.39, 0.29) is 30.2 Å². The van der Waals surface area contributed by atoms with E-state index in [2.05, 4.69) is 16.0 Å². The fourth-order valence-corrected chi connectivity index (χ4v) is 2.48. The average molecular weight is 383 g/mol. The summed E-state index contributed by atoms with van der Waals surface area (Å²) in [4.78, 5) is 35.8. The molecule has 0 aromatic heterocycles. The standard InChI is InChI=1S/C21H25N3O4/c1-14(2)20(24-19(26)13-28-18-7-5-4-6-8-18)21(27)23-17-11-9-16(10-12-17)22-15(3)25/h4-12,14,20H,13H2,1-3H3,(H,22,25)(H,23,27)(H,24,26). The Labute approximate surface area is 164 Å². The van der Waals surface area contributed by atoms with E-state index in [0.29, 0.717) is 17.1 Å². The zero-order valence-electron chi connectivity index (χ0n) is 16.2. The Morgan fingerprint density at radius 3 is 2.00 bits per heavy atom. The lowest BCUT2D eigenvalue weighted by Crippen LogP contribution is -2.48. The van der Waals surface area contributed by atoms with Gasteiger partial charge in [0.25, 0.3) is 5.91 Å². The summed E-state index contributed by atoms with van der Waals surface area (Å²) in [5, 5.41) is 8.14. The molecule has 2 rings (SSSR count). The van der Waals surface area contributed by atoms with Gasteiger partial charge in [-0.25, -0.2) is 0 Å². The fraction of sp³-hybridized carbons (Fsp3) is 0.286. The van der Waals surface area contributed by atoms with Crippen molar-refractivity contribution in [3.8, 4) is 5.75 Å². The first-order chi connectivity index (χ1) is 13.3. The first kappa shape index (κ1) is 21.0. The van der Waals surface area contributed by atoms with Gasteiger partial charge in [-0.15, -0.1) is 0 Å². The number of rotatable bonds is 8. The highest BCUT2D eigenvalue weighted by atomic mass is 16.5. The Hall–Kier alpha value is -3.35. The van der Waals surface area contributed by atoms with E-state index >= 15 is 0 Å². The van der Waals surface area contributed by atoms with E-state index in [1.165, 1.54) is 6.92 Å². The van der Waals surface area contributed by atoms with Gasteiger partial charge in [0, 0.05) is 18.3 Å². The number of carbonyl (C=O) groups excluding carboxylic acids is 3. The van der Waals surface area contributed by atoms with E-state index < -0.39 is 6.04 Å². The molecule has 2 aromatic rings. The Kier molecular flexibility index (Phi) is 7.56. The van der Waals surface area contributed by atoms with Crippen LogP contribution in [0.5, 0.6) is 5.75 Å². The molecule has 0 aliphatic heterocycles. The molecule has 0 saturated heterocycles. The van der Waals surface area contributed by atoms with Crippen LogP contribution in [0.25, 0.3) is 0 Å². The van der Waals surface area contributed by atoms with E-state index in [9.17, 15) is 14.4 Å². The highest BCUT2D eigenvalue weighted by Gasteiger charge is 2.24. The van der Waals surface area contributed by atoms with E-state index in [4.69, 9.17) is 4.74 Å². The number of anilines is 2. The van der Waals surface area contributed by atoms with Crippen molar-refractivity contribution in [1.82, 2.24) is 5.32 Å². The Morgan fingerprint density at radius 1 is 0.893 bits per heavy atom. The van der Waals surface area contributed by atoms with Crippen LogP contribution < -0.4 is 20.7 Å². The van der Waals surface area contributed by atoms with Gasteiger partial charge in [0.15, 0.2) is 6.61 Å². The first-order valence-electron chi connectivity index (χ1n) is 9.01. The number of hydrogen-bond acceptors (Lipinski definition) is 4. The SMILES string of the molecule is CC(=O)Nc1ccc(NC(=O)C(NC(=O)COc2ccccc2)C(C)C)cc1. The monoisotopic (exact) mass is 383 g/mol. The summed E-state index contributed by atoms with van der Waals surface area (Å²) in [6, 6.07) is 15.0. The Bertz CT molecular complexity index is 804. The topological polar surface area (TPSA) is 96.5 Å². The lowest BCUT2D eigenvalue weighted by atomic mass is 10.0. The Balaban J connectivity index is 1.91. The molecule has 7 heteroatoms. The third-order valence-corrected chi connectivity index (χ3v) is 3.85. The van der Waals surface area contributed by atoms with Gasteiger partial charge in [0.1, 0.15) is 11.8 Å². The number of para-hydroxylation sites is 1. The van der Waals surface area contributed by atoms with Crippen LogP contribution in [0.1, 0.15) is 20.8 Å². The normalized spacial score (nSPS) is 11.4. The molecule has 1 atom stereocenters. The minimum absolute atomic E-state index is 0.112. The molecule has 7 nitrogen and oxygen atoms in total. The van der Waals surface area contributed by atoms with Crippen molar-refractivity contribution in [2.45, 2.75) is 26.8 Å². The zero-order valence-corrected chi connectivity index (χ0v) is 16.2. The van der Waals surface area contributed by atoms with Crippen molar-refractivity contribution in [1.29, 1.82) is 0 Å². The highest BCUT2D eigenvalue weighted by Crippen LogP contribution is 2.15. The molecular formula is C21H25N3O4. The summed E-state index contributed by atoms with van der Waals surface area (Å²) in [6.07, 6.45) is 0. The molecule has 0 aliphatic rings. The van der Waals surface area contributed by atoms with Crippen LogP contribution in [-0.4, -0.2) is 30.4 Å². The highest BCUT2D eigenvalue weighted by molar-refractivity contribution is 5.98. The molecule has 3 amide bonds. The Morgan fingerprint density at radius 2 is 1.46 bits per heavy atom. The second-order valence-electron chi connectivity index (χ2n) is 6.64. The van der Waals surface area contributed by atoms with Gasteiger partial charge >= 0.3 is 0 Å². The van der Waals surface area contributed by atoms with Crippen LogP contribution in [0.4, 0.5) is 11.4 Å². The maximum Gasteiger partial charge on any atom is 0.258 e. The predicted molar refractivity (Wildman–Crippen MR) is 108 cm³/mol. The van der Waals surface area contributed by atoms with E-state index in [0.717, 1.165) is 0 Å². The summed E-state index contributed by atoms with van der Waals surface area (Å²) < 4.78 is 5.41. The van der Waals surface area contributed by atoms with Crippen LogP contribution in [0.15, 0.2) is 54.6 Å². The van der Waals surface area contributed by atoms with Gasteiger partial charge in [-0.3, -0.25) is 14.4 Å². The van der Waals surface area contributed by atoms with Crippen molar-refractivity contribution in [3.63, 3.8) is 0 Å². The smallest absolute Gasteiger partial charge is 0.258 e. The molecule has 0 spiro atoms. The van der Waals surface area contributed by atoms with Crippen molar-refractivity contribution < 1.29 is 19.1 Å². The second-order valence-corrected chi connectivity index (χ2v) is 6.64. The maximum absolute atomic E-state index is 12.6. The molecule has 2 aromatic carbocycles. The van der Waals surface area contributed by atoms with Crippen molar-refractivity contribution >= 4 is 29.1 Å². The van der Waals surface area contributed by atoms with Crippen LogP contribution in [0.3, 0.4) is 0 Å². The van der Waals surface area contributed by atoms with Crippen LogP contribution in [0.2, 0.25) is 0 Å². The van der Waals surface area contributed by atoms with Crippen molar-refractivity contribution in [2.24, 2.45) is 5.92 Å². The average Bonchev–Trinajstić information content (AvgIpc) is 2.66. The molecule has 0 aliphatic carbocycles. The number of nitrogens with one attached hydrogen (secondary N) is 3. The quantitative estimate of drug-likeness (QED) is 0.653. The van der Waals surface area contributed by atoms with Gasteiger partial charge in [-0.05, 0) is 42.3 Å². The molecule has 0 fully saturated rings. The maximum atomic E-state index is 12.6. The van der Waals surface area contributed by atoms with Crippen LogP contribution in [0, 0.1) is 5.92 Å². The minimum Gasteiger partial charge on any atom is -0.484 e. The zero-order chi connectivity index (χ0) is 20.5. The van der Waals surface area contributed by atoms with Crippen LogP contribution >= 0.6 is 0 Å². The minimum atomic E-state index is -0.707. The summed E-state index contributed by atoms with van der Waals surface area (Å²) in [7, 11) is 0. The molecule has 3 N–H and O–H groups in total. The van der Waals surface area contributed by atoms with Gasteiger partial charge in [-0.2, -0.15) is 0 Å². The molecule has 0 bridgehead atoms. The number of hydrogen-bond donors (Lipinski definition) is 3. The molecule has 0 saturated carbocycles. The van der Waals surface area contributed by atoms with E-state index in [1.54, 1.807) is 36.4 Å². The number of carbonyl (C=O) groups is 3. The third-order valence-electron chi connectivity index (χ3n) is 3.85. The van der Waals surface area contributed by atoms with Crippen LogP contribution in [-0.2, 0) is 14.4 Å². The lowest BCUT2D eigenvalue weighted by molar-refractivity contribution is -0.128. The first-order valence-corrected chi connectivity index (χ1v) is 9.01. The van der Waals surface area contributed by atoms with E-state index in [1.807, 2.05) is 32.0 Å². The van der Waals surface area contributed by atoms with Crippen molar-refractivity contribution in [3.05, 3.63) is 54.6 Å². The van der Waals surface area contributed by atoms with Gasteiger partial charge in [0.05, 0.1) is 0 Å². The molecule has 28 heavy (non-hydrogen) atoms. The summed E-state index contributed by atoms with van der Waals surface area (Å²) in [6.45, 7) is 4.95. The molecule has 0 heterocycles. The summed E-state index contributed by atoms with van der Waals surface area (Å²) >= 11 is 0. The fourth-order valence-electron chi connectivity index (χ4n) is 2.48. The molecular weight excluding hydrogens is 358 g/mol. The van der Waals surface area contributed by atoms with Gasteiger partial charge in [0.2, 0.25) is 11.8 Å². The summed E-state index contributed by atoms with van der Waals surface area (Å²) in [5.41, 5.74) is 1.21. The van der Waals surface area contributed by atoms with Gasteiger partial charge in [-0.1, -0.05) is 32.0 Å². The molecule has 1 unspecified atom stereocenters. The van der Waals surface area contributed by atoms with Gasteiger partial charge < -0.3 is 20.7 Å². The largest absolute Gasteiger partial charge is 0.484 e. The number of ether oxygens (including phenoxy) is 1. The second kappa shape index (κ2) is 10.1. The number of amides is 3. The number of benzene rings is 2. The lowest BCUT2D eigenvalue weighted by Gasteiger charge is -2.22. The molecule has 0 radical (unpaired) electrons. The molecule has 148 valence electrons.